The van der Waals surface area contributed by atoms with Crippen LogP contribution in [0.5, 0.6) is 0 Å². The molecule has 1 N–H and O–H groups in total. The fraction of sp³-hybridized carbons (Fsp3) is 0.150. The maximum atomic E-state index is 12.5. The molecule has 2 aromatic carbocycles. The van der Waals surface area contributed by atoms with Gasteiger partial charge in [-0.05, 0) is 17.7 Å². The van der Waals surface area contributed by atoms with Gasteiger partial charge in [-0.1, -0.05) is 42.5 Å². The van der Waals surface area contributed by atoms with E-state index in [1.165, 1.54) is 11.3 Å². The van der Waals surface area contributed by atoms with E-state index in [2.05, 4.69) is 33.2 Å². The monoisotopic (exact) mass is 363 g/mol. The highest BCUT2D eigenvalue weighted by Crippen LogP contribution is 2.36. The SMILES string of the molecule is CCOC(=O)c1nc(Cc2cnc[nH]2)sc1-c1cccc2ccccc12. The average molecular weight is 363 g/mol. The van der Waals surface area contributed by atoms with Gasteiger partial charge in [0.1, 0.15) is 5.01 Å². The van der Waals surface area contributed by atoms with E-state index in [0.29, 0.717) is 18.7 Å². The quantitative estimate of drug-likeness (QED) is 0.532. The average Bonchev–Trinajstić information content (AvgIpc) is 3.32. The van der Waals surface area contributed by atoms with Gasteiger partial charge in [0.15, 0.2) is 5.69 Å². The molecular weight excluding hydrogens is 346 g/mol. The zero-order chi connectivity index (χ0) is 17.9. The zero-order valence-electron chi connectivity index (χ0n) is 14.2. The van der Waals surface area contributed by atoms with Crippen LogP contribution in [-0.2, 0) is 11.2 Å². The van der Waals surface area contributed by atoms with Crippen molar-refractivity contribution < 1.29 is 9.53 Å². The Morgan fingerprint density at radius 3 is 2.85 bits per heavy atom. The molecule has 0 aliphatic carbocycles. The molecule has 5 nitrogen and oxygen atoms in total. The van der Waals surface area contributed by atoms with E-state index in [9.17, 15) is 4.79 Å². The Hall–Kier alpha value is -2.99. The summed E-state index contributed by atoms with van der Waals surface area (Å²) in [6, 6.07) is 14.2. The molecule has 0 radical (unpaired) electrons. The van der Waals surface area contributed by atoms with Crippen LogP contribution in [0, 0.1) is 0 Å². The number of ether oxygens (including phenoxy) is 1. The summed E-state index contributed by atoms with van der Waals surface area (Å²) in [6.45, 7) is 2.12. The summed E-state index contributed by atoms with van der Waals surface area (Å²) < 4.78 is 5.24. The van der Waals surface area contributed by atoms with Crippen molar-refractivity contribution in [2.75, 3.05) is 6.61 Å². The van der Waals surface area contributed by atoms with Crippen molar-refractivity contribution >= 4 is 28.1 Å². The highest BCUT2D eigenvalue weighted by molar-refractivity contribution is 7.15. The maximum Gasteiger partial charge on any atom is 0.358 e. The van der Waals surface area contributed by atoms with Gasteiger partial charge in [-0.25, -0.2) is 14.8 Å². The van der Waals surface area contributed by atoms with Crippen molar-refractivity contribution in [1.29, 1.82) is 0 Å². The van der Waals surface area contributed by atoms with Crippen LogP contribution in [0.3, 0.4) is 0 Å². The van der Waals surface area contributed by atoms with Gasteiger partial charge in [0, 0.05) is 23.9 Å². The lowest BCUT2D eigenvalue weighted by molar-refractivity contribution is 0.0521. The van der Waals surface area contributed by atoms with E-state index in [1.54, 1.807) is 19.4 Å². The van der Waals surface area contributed by atoms with Crippen molar-refractivity contribution in [3.8, 4) is 10.4 Å². The smallest absolute Gasteiger partial charge is 0.358 e. The Morgan fingerprint density at radius 2 is 2.04 bits per heavy atom. The number of carbonyl (C=O) groups is 1. The third kappa shape index (κ3) is 3.11. The van der Waals surface area contributed by atoms with Gasteiger partial charge in [0.05, 0.1) is 17.8 Å². The number of H-pyrrole nitrogens is 1. The second-order valence-corrected chi connectivity index (χ2v) is 6.87. The molecule has 26 heavy (non-hydrogen) atoms. The lowest BCUT2D eigenvalue weighted by Crippen LogP contribution is -2.06. The number of esters is 1. The fourth-order valence-electron chi connectivity index (χ4n) is 2.93. The molecule has 0 saturated carbocycles. The summed E-state index contributed by atoms with van der Waals surface area (Å²) in [7, 11) is 0. The Balaban J connectivity index is 1.85. The summed E-state index contributed by atoms with van der Waals surface area (Å²) in [5, 5.41) is 3.07. The number of carbonyl (C=O) groups excluding carboxylic acids is 1. The second-order valence-electron chi connectivity index (χ2n) is 5.79. The minimum absolute atomic E-state index is 0.321. The number of benzene rings is 2. The molecule has 2 heterocycles. The topological polar surface area (TPSA) is 67.9 Å². The summed E-state index contributed by atoms with van der Waals surface area (Å²) >= 11 is 1.52. The van der Waals surface area contributed by atoms with Crippen LogP contribution in [0.2, 0.25) is 0 Å². The fourth-order valence-corrected chi connectivity index (χ4v) is 4.04. The number of hydrogen-bond donors (Lipinski definition) is 1. The predicted molar refractivity (Wildman–Crippen MR) is 102 cm³/mol. The van der Waals surface area contributed by atoms with Crippen LogP contribution < -0.4 is 0 Å². The third-order valence-corrected chi connectivity index (χ3v) is 5.16. The molecule has 0 bridgehead atoms. The van der Waals surface area contributed by atoms with Gasteiger partial charge < -0.3 is 9.72 Å². The Labute approximate surface area is 154 Å². The number of fused-ring (bicyclic) bond motifs is 1. The van der Waals surface area contributed by atoms with E-state index in [1.807, 2.05) is 24.3 Å². The molecule has 4 rings (SSSR count). The highest BCUT2D eigenvalue weighted by Gasteiger charge is 2.22. The molecule has 0 aliphatic rings. The first-order chi connectivity index (χ1) is 12.8. The summed E-state index contributed by atoms with van der Waals surface area (Å²) in [4.78, 5) is 25.0. The molecule has 0 fully saturated rings. The van der Waals surface area contributed by atoms with Crippen LogP contribution in [0.25, 0.3) is 21.2 Å². The number of rotatable bonds is 5. The summed E-state index contributed by atoms with van der Waals surface area (Å²) in [5.74, 6) is -0.387. The number of nitrogens with one attached hydrogen (secondary N) is 1. The lowest BCUT2D eigenvalue weighted by atomic mass is 10.0. The van der Waals surface area contributed by atoms with Crippen molar-refractivity contribution in [3.63, 3.8) is 0 Å². The van der Waals surface area contributed by atoms with Crippen molar-refractivity contribution in [1.82, 2.24) is 15.0 Å². The number of imidazole rings is 1. The zero-order valence-corrected chi connectivity index (χ0v) is 15.0. The van der Waals surface area contributed by atoms with Crippen molar-refractivity contribution in [2.24, 2.45) is 0 Å². The van der Waals surface area contributed by atoms with Gasteiger partial charge in [0.2, 0.25) is 0 Å². The molecule has 2 aromatic heterocycles. The first kappa shape index (κ1) is 16.5. The molecule has 4 aromatic rings. The molecule has 0 atom stereocenters. The first-order valence-corrected chi connectivity index (χ1v) is 9.20. The molecule has 0 spiro atoms. The number of hydrogen-bond acceptors (Lipinski definition) is 5. The first-order valence-electron chi connectivity index (χ1n) is 8.38. The van der Waals surface area contributed by atoms with Crippen LogP contribution in [-0.4, -0.2) is 27.5 Å². The van der Waals surface area contributed by atoms with Gasteiger partial charge in [0.25, 0.3) is 0 Å². The van der Waals surface area contributed by atoms with Crippen LogP contribution >= 0.6 is 11.3 Å². The van der Waals surface area contributed by atoms with Crippen LogP contribution in [0.15, 0.2) is 55.0 Å². The highest BCUT2D eigenvalue weighted by atomic mass is 32.1. The Morgan fingerprint density at radius 1 is 1.19 bits per heavy atom. The number of aromatic nitrogens is 3. The van der Waals surface area contributed by atoms with Crippen LogP contribution in [0.1, 0.15) is 28.1 Å². The predicted octanol–water partition coefficient (Wildman–Crippen LogP) is 4.45. The Kier molecular flexibility index (Phi) is 4.50. The third-order valence-electron chi connectivity index (χ3n) is 4.07. The molecule has 0 saturated heterocycles. The Bertz CT molecular complexity index is 1050. The van der Waals surface area contributed by atoms with Crippen LogP contribution in [0.4, 0.5) is 0 Å². The summed E-state index contributed by atoms with van der Waals surface area (Å²) in [5.41, 5.74) is 2.33. The molecule has 0 unspecified atom stereocenters. The minimum atomic E-state index is -0.387. The van der Waals surface area contributed by atoms with Crippen molar-refractivity contribution in [2.45, 2.75) is 13.3 Å². The summed E-state index contributed by atoms with van der Waals surface area (Å²) in [6.07, 6.45) is 4.01. The van der Waals surface area contributed by atoms with E-state index < -0.39 is 0 Å². The number of aromatic amines is 1. The normalized spacial score (nSPS) is 11.0. The molecular formula is C20H17N3O2S. The largest absolute Gasteiger partial charge is 0.461 e. The molecule has 0 amide bonds. The molecule has 6 heteroatoms. The van der Waals surface area contributed by atoms with Gasteiger partial charge in [-0.2, -0.15) is 0 Å². The van der Waals surface area contributed by atoms with E-state index in [0.717, 1.165) is 31.9 Å². The molecule has 0 aliphatic heterocycles. The number of thiazole rings is 1. The minimum Gasteiger partial charge on any atom is -0.461 e. The van der Waals surface area contributed by atoms with E-state index >= 15 is 0 Å². The van der Waals surface area contributed by atoms with Gasteiger partial charge in [-0.15, -0.1) is 11.3 Å². The van der Waals surface area contributed by atoms with E-state index in [-0.39, 0.29) is 5.97 Å². The standard InChI is InChI=1S/C20H17N3O2S/c1-2-25-20(24)18-19(26-17(23-18)10-14-11-21-12-22-14)16-9-5-7-13-6-3-4-8-15(13)16/h3-9,11-12H,2,10H2,1H3,(H,21,22). The van der Waals surface area contributed by atoms with Gasteiger partial charge >= 0.3 is 5.97 Å². The number of nitrogens with zero attached hydrogens (tertiary/aromatic N) is 2. The maximum absolute atomic E-state index is 12.5. The van der Waals surface area contributed by atoms with Crippen molar-refractivity contribution in [3.05, 3.63) is 71.4 Å². The second kappa shape index (κ2) is 7.09. The van der Waals surface area contributed by atoms with Gasteiger partial charge in [-0.3, -0.25) is 0 Å². The molecule has 130 valence electrons. The lowest BCUT2D eigenvalue weighted by Gasteiger charge is -2.06. The van der Waals surface area contributed by atoms with E-state index in [4.69, 9.17) is 4.74 Å².